The van der Waals surface area contributed by atoms with Crippen molar-refractivity contribution in [2.24, 2.45) is 5.92 Å². The molecule has 0 unspecified atom stereocenters. The maximum absolute atomic E-state index is 6.98. The predicted molar refractivity (Wildman–Crippen MR) is 136 cm³/mol. The summed E-state index contributed by atoms with van der Waals surface area (Å²) in [5.74, 6) is 0.689. The van der Waals surface area contributed by atoms with Gasteiger partial charge in [-0.25, -0.2) is 0 Å². The van der Waals surface area contributed by atoms with Crippen LogP contribution < -0.4 is 0 Å². The molecule has 1 aliphatic carbocycles. The Bertz CT molecular complexity index is 559. The Labute approximate surface area is 195 Å². The lowest BCUT2D eigenvalue weighted by Gasteiger charge is -2.49. The Morgan fingerprint density at radius 3 is 1.84 bits per heavy atom. The van der Waals surface area contributed by atoms with Crippen molar-refractivity contribution in [2.45, 2.75) is 148 Å². The van der Waals surface area contributed by atoms with Gasteiger partial charge in [0.05, 0.1) is 24.9 Å². The van der Waals surface area contributed by atoms with Crippen LogP contribution in [-0.2, 0) is 18.3 Å². The van der Waals surface area contributed by atoms with Gasteiger partial charge in [0, 0.05) is 6.42 Å². The molecular formula is C25H52O4Si2. The van der Waals surface area contributed by atoms with Gasteiger partial charge < -0.3 is 18.3 Å². The third-order valence-electron chi connectivity index (χ3n) is 8.35. The fraction of sp³-hybridized carbons (Fsp3) is 1.00. The summed E-state index contributed by atoms with van der Waals surface area (Å²) in [5.41, 5.74) is 0. The van der Waals surface area contributed by atoms with Gasteiger partial charge in [0.1, 0.15) is 0 Å². The summed E-state index contributed by atoms with van der Waals surface area (Å²) >= 11 is 0. The highest BCUT2D eigenvalue weighted by molar-refractivity contribution is 6.74. The normalized spacial score (nSPS) is 29.9. The van der Waals surface area contributed by atoms with E-state index in [1.165, 1.54) is 32.1 Å². The van der Waals surface area contributed by atoms with E-state index in [1.54, 1.807) is 0 Å². The molecule has 0 aromatic carbocycles. The van der Waals surface area contributed by atoms with Gasteiger partial charge in [0.15, 0.2) is 22.9 Å². The van der Waals surface area contributed by atoms with Crippen molar-refractivity contribution in [3.63, 3.8) is 0 Å². The topological polar surface area (TPSA) is 36.9 Å². The average molecular weight is 473 g/mol. The second-order valence-corrected chi connectivity index (χ2v) is 22.6. The minimum absolute atomic E-state index is 0.0233. The van der Waals surface area contributed by atoms with Crippen LogP contribution in [0.4, 0.5) is 0 Å². The Hall–Kier alpha value is 0.274. The van der Waals surface area contributed by atoms with Gasteiger partial charge in [-0.05, 0) is 61.9 Å². The summed E-state index contributed by atoms with van der Waals surface area (Å²) in [7, 11) is -3.90. The molecule has 1 saturated heterocycles. The molecule has 0 amide bonds. The highest BCUT2D eigenvalue weighted by atomic mass is 28.4. The zero-order valence-corrected chi connectivity index (χ0v) is 24.5. The predicted octanol–water partition coefficient (Wildman–Crippen LogP) is 7.50. The fourth-order valence-electron chi connectivity index (χ4n) is 4.06. The maximum Gasteiger partial charge on any atom is 0.192 e. The van der Waals surface area contributed by atoms with Crippen molar-refractivity contribution < 1.29 is 18.3 Å². The molecule has 184 valence electrons. The molecule has 1 aliphatic heterocycles. The summed E-state index contributed by atoms with van der Waals surface area (Å²) < 4.78 is 26.6. The van der Waals surface area contributed by atoms with Crippen LogP contribution in [0.15, 0.2) is 0 Å². The molecule has 0 bridgehead atoms. The van der Waals surface area contributed by atoms with Gasteiger partial charge in [-0.1, -0.05) is 60.8 Å². The first-order valence-corrected chi connectivity index (χ1v) is 18.5. The van der Waals surface area contributed by atoms with Gasteiger partial charge in [-0.2, -0.15) is 0 Å². The van der Waals surface area contributed by atoms with E-state index in [1.807, 2.05) is 0 Å². The third kappa shape index (κ3) is 7.38. The monoisotopic (exact) mass is 472 g/mol. The molecular weight excluding hydrogens is 420 g/mol. The van der Waals surface area contributed by atoms with Crippen molar-refractivity contribution in [3.8, 4) is 0 Å². The largest absolute Gasteiger partial charge is 0.411 e. The van der Waals surface area contributed by atoms with Gasteiger partial charge >= 0.3 is 0 Å². The molecule has 0 N–H and O–H groups in total. The van der Waals surface area contributed by atoms with Gasteiger partial charge in [-0.3, -0.25) is 0 Å². The second-order valence-electron chi connectivity index (χ2n) is 13.1. The lowest BCUT2D eigenvalue weighted by molar-refractivity contribution is -0.244. The van der Waals surface area contributed by atoms with Crippen LogP contribution in [0.3, 0.4) is 0 Å². The summed E-state index contributed by atoms with van der Waals surface area (Å²) in [6.07, 6.45) is 7.18. The molecule has 0 radical (unpaired) electrons. The van der Waals surface area contributed by atoms with E-state index >= 15 is 0 Å². The van der Waals surface area contributed by atoms with E-state index < -0.39 is 16.6 Å². The molecule has 2 rings (SSSR count). The van der Waals surface area contributed by atoms with Crippen molar-refractivity contribution in [1.82, 2.24) is 0 Å². The molecule has 0 spiro atoms. The summed E-state index contributed by atoms with van der Waals surface area (Å²) in [5, 5.41) is 0.317. The summed E-state index contributed by atoms with van der Waals surface area (Å²) in [4.78, 5) is 0. The first-order valence-electron chi connectivity index (χ1n) is 12.7. The highest BCUT2D eigenvalue weighted by Crippen LogP contribution is 2.43. The Kier molecular flexibility index (Phi) is 9.11. The van der Waals surface area contributed by atoms with Crippen molar-refractivity contribution in [2.75, 3.05) is 6.61 Å². The van der Waals surface area contributed by atoms with E-state index in [-0.39, 0.29) is 34.7 Å². The van der Waals surface area contributed by atoms with E-state index in [4.69, 9.17) is 18.3 Å². The van der Waals surface area contributed by atoms with Crippen molar-refractivity contribution in [1.29, 1.82) is 0 Å². The lowest BCUT2D eigenvalue weighted by atomic mass is 9.90. The van der Waals surface area contributed by atoms with Gasteiger partial charge in [0.2, 0.25) is 0 Å². The third-order valence-corrected chi connectivity index (χ3v) is 17.3. The molecule has 1 saturated carbocycles. The van der Waals surface area contributed by atoms with Crippen LogP contribution in [0.2, 0.25) is 36.3 Å². The van der Waals surface area contributed by atoms with E-state index in [0.717, 1.165) is 13.0 Å². The number of hydrogen-bond acceptors (Lipinski definition) is 4. The minimum atomic E-state index is -1.95. The molecule has 2 fully saturated rings. The van der Waals surface area contributed by atoms with Crippen molar-refractivity contribution in [3.05, 3.63) is 0 Å². The molecule has 0 aromatic rings. The number of ether oxygens (including phenoxy) is 2. The van der Waals surface area contributed by atoms with Crippen LogP contribution in [0.25, 0.3) is 0 Å². The lowest BCUT2D eigenvalue weighted by Crippen LogP contribution is -2.59. The first kappa shape index (κ1) is 27.5. The molecule has 31 heavy (non-hydrogen) atoms. The van der Waals surface area contributed by atoms with Crippen LogP contribution in [0.5, 0.6) is 0 Å². The van der Waals surface area contributed by atoms with Gasteiger partial charge in [0.25, 0.3) is 0 Å². The van der Waals surface area contributed by atoms with E-state index in [0.29, 0.717) is 5.92 Å². The van der Waals surface area contributed by atoms with E-state index in [2.05, 4.69) is 74.7 Å². The zero-order chi connectivity index (χ0) is 23.7. The molecule has 1 heterocycles. The van der Waals surface area contributed by atoms with Crippen molar-refractivity contribution >= 4 is 16.6 Å². The fourth-order valence-corrected chi connectivity index (χ4v) is 6.78. The molecule has 2 aliphatic rings. The molecule has 4 nitrogen and oxygen atoms in total. The Morgan fingerprint density at radius 2 is 1.32 bits per heavy atom. The number of hydrogen-bond donors (Lipinski definition) is 0. The van der Waals surface area contributed by atoms with Crippen LogP contribution in [0, 0.1) is 5.92 Å². The molecule has 0 aromatic heterocycles. The van der Waals surface area contributed by atoms with Crippen LogP contribution in [-0.4, -0.2) is 47.8 Å². The highest BCUT2D eigenvalue weighted by Gasteiger charge is 2.49. The average Bonchev–Trinajstić information content (AvgIpc) is 2.61. The SMILES string of the molecule is C[C@@H]1O[C@H](OCC2CCCCC2)C[C@H](O[Si](C)(C)C(C)(C)C)[C@H]1O[Si](C)(C)C(C)(C)C. The van der Waals surface area contributed by atoms with Crippen LogP contribution in [0.1, 0.15) is 87.0 Å². The maximum atomic E-state index is 6.98. The minimum Gasteiger partial charge on any atom is -0.411 e. The van der Waals surface area contributed by atoms with Gasteiger partial charge in [-0.15, -0.1) is 0 Å². The summed E-state index contributed by atoms with van der Waals surface area (Å²) in [6.45, 7) is 26.1. The quantitative estimate of drug-likeness (QED) is 0.359. The number of rotatable bonds is 7. The zero-order valence-electron chi connectivity index (χ0n) is 22.5. The smallest absolute Gasteiger partial charge is 0.192 e. The molecule has 6 heteroatoms. The van der Waals surface area contributed by atoms with Crippen LogP contribution >= 0.6 is 0 Å². The Morgan fingerprint density at radius 1 is 0.806 bits per heavy atom. The standard InChI is InChI=1S/C25H52O4Si2/c1-19-23(29-31(10,11)25(5,6)7)21(28-30(8,9)24(2,3)4)17-22(27-19)26-18-20-15-13-12-14-16-20/h19-23H,12-18H2,1-11H3/t19-,21-,22-,23-/m0/s1. The summed E-state index contributed by atoms with van der Waals surface area (Å²) in [6, 6.07) is 0. The van der Waals surface area contributed by atoms with E-state index in [9.17, 15) is 0 Å². The second kappa shape index (κ2) is 10.3. The first-order chi connectivity index (χ1) is 14.0. The Balaban J connectivity index is 2.15. The molecule has 4 atom stereocenters.